The first-order chi connectivity index (χ1) is 16.1. The van der Waals surface area contributed by atoms with Gasteiger partial charge in [-0.1, -0.05) is 32.0 Å². The molecule has 0 radical (unpaired) electrons. The fraction of sp³-hybridized carbons (Fsp3) is 0.273. The minimum Gasteiger partial charge on any atom is -0.476 e. The summed E-state index contributed by atoms with van der Waals surface area (Å²) in [5.74, 6) is 1.25. The van der Waals surface area contributed by atoms with E-state index in [1.807, 2.05) is 44.2 Å². The van der Waals surface area contributed by atoms with E-state index in [1.54, 1.807) is 6.92 Å². The Bertz CT molecular complexity index is 1410. The maximum atomic E-state index is 13.0. The van der Waals surface area contributed by atoms with Gasteiger partial charge in [0.05, 0.1) is 12.3 Å². The number of ether oxygens (including phenoxy) is 2. The number of rotatable bonds is 8. The molecule has 0 aliphatic rings. The number of fused-ring (bicyclic) bond motifs is 1. The molecule has 0 bridgehead atoms. The molecule has 11 nitrogen and oxygen atoms in total. The summed E-state index contributed by atoms with van der Waals surface area (Å²) in [6, 6.07) is 11.3. The number of nitrogens with one attached hydrogen (secondary N) is 2. The van der Waals surface area contributed by atoms with Gasteiger partial charge in [-0.25, -0.2) is 0 Å². The van der Waals surface area contributed by atoms with Gasteiger partial charge in [-0.2, -0.15) is 20.0 Å². The van der Waals surface area contributed by atoms with Crippen LogP contribution in [0.25, 0.3) is 5.65 Å². The second-order valence-corrected chi connectivity index (χ2v) is 6.91. The minimum absolute atomic E-state index is 0.0919. The number of aromatic amines is 2. The van der Waals surface area contributed by atoms with Crippen molar-refractivity contribution < 1.29 is 9.47 Å². The first-order valence-electron chi connectivity index (χ1n) is 10.5. The van der Waals surface area contributed by atoms with Crippen LogP contribution in [0.5, 0.6) is 17.4 Å². The molecule has 4 aromatic rings. The number of nitriles is 1. The number of aromatic nitrogens is 5. The van der Waals surface area contributed by atoms with Gasteiger partial charge >= 0.3 is 0 Å². The van der Waals surface area contributed by atoms with Crippen molar-refractivity contribution in [1.29, 1.82) is 5.26 Å². The lowest BCUT2D eigenvalue weighted by atomic mass is 10.2. The first kappa shape index (κ1) is 21.8. The van der Waals surface area contributed by atoms with E-state index in [-0.39, 0.29) is 29.6 Å². The van der Waals surface area contributed by atoms with E-state index in [0.717, 1.165) is 0 Å². The normalized spacial score (nSPS) is 11.2. The Hall–Kier alpha value is -4.46. The van der Waals surface area contributed by atoms with Crippen LogP contribution >= 0.6 is 0 Å². The van der Waals surface area contributed by atoms with Crippen LogP contribution in [-0.4, -0.2) is 31.4 Å². The summed E-state index contributed by atoms with van der Waals surface area (Å²) < 4.78 is 13.2. The average Bonchev–Trinajstić information content (AvgIpc) is 3.39. The average molecular weight is 446 g/mol. The number of hydrogen-bond donors (Lipinski definition) is 2. The van der Waals surface area contributed by atoms with Crippen LogP contribution in [0, 0.1) is 11.3 Å². The van der Waals surface area contributed by atoms with Gasteiger partial charge in [0.15, 0.2) is 11.4 Å². The maximum Gasteiger partial charge on any atom is 0.283 e. The van der Waals surface area contributed by atoms with Crippen molar-refractivity contribution in [3.05, 3.63) is 57.6 Å². The van der Waals surface area contributed by atoms with Gasteiger partial charge in [-0.05, 0) is 31.9 Å². The van der Waals surface area contributed by atoms with Crippen molar-refractivity contribution >= 4 is 17.2 Å². The number of H-pyrrole nitrogens is 2. The second-order valence-electron chi connectivity index (χ2n) is 6.91. The molecular formula is C22H22N8O3. The third-order valence-corrected chi connectivity index (χ3v) is 4.86. The van der Waals surface area contributed by atoms with Crippen molar-refractivity contribution in [1.82, 2.24) is 24.8 Å². The van der Waals surface area contributed by atoms with Gasteiger partial charge in [0.2, 0.25) is 11.5 Å². The van der Waals surface area contributed by atoms with Gasteiger partial charge in [-0.3, -0.25) is 9.89 Å². The van der Waals surface area contributed by atoms with E-state index >= 15 is 0 Å². The highest BCUT2D eigenvalue weighted by Gasteiger charge is 2.23. The van der Waals surface area contributed by atoms with Crippen LogP contribution in [-0.2, 0) is 12.8 Å². The summed E-state index contributed by atoms with van der Waals surface area (Å²) in [5, 5.41) is 28.9. The molecule has 3 heterocycles. The molecular weight excluding hydrogens is 424 g/mol. The standard InChI is InChI=1S/C22H22N8O3/c1-4-15-14(12-23)19(27-25-15)28-26-17-21(31)24-20-18(33-13-10-8-7-9-11-13)16(5-2)29-30(20)22(17)32-6-3/h7-11H,4-6H2,1-3H3,(H,24,31)(H,25,27)/b28-26+. The summed E-state index contributed by atoms with van der Waals surface area (Å²) in [5.41, 5.74) is 1.27. The number of nitrogens with zero attached hydrogens (tertiary/aromatic N) is 6. The van der Waals surface area contributed by atoms with E-state index in [1.165, 1.54) is 4.52 Å². The Balaban J connectivity index is 1.86. The molecule has 0 amide bonds. The van der Waals surface area contributed by atoms with Crippen molar-refractivity contribution in [2.75, 3.05) is 6.61 Å². The third-order valence-electron chi connectivity index (χ3n) is 4.86. The molecule has 11 heteroatoms. The number of para-hydroxylation sites is 1. The molecule has 2 N–H and O–H groups in total. The van der Waals surface area contributed by atoms with Gasteiger partial charge in [0, 0.05) is 0 Å². The Labute approximate surface area is 188 Å². The molecule has 0 unspecified atom stereocenters. The highest BCUT2D eigenvalue weighted by atomic mass is 16.5. The Morgan fingerprint density at radius 1 is 1.15 bits per heavy atom. The van der Waals surface area contributed by atoms with Crippen LogP contribution in [0.2, 0.25) is 0 Å². The zero-order chi connectivity index (χ0) is 23.4. The molecule has 33 heavy (non-hydrogen) atoms. The summed E-state index contributed by atoms with van der Waals surface area (Å²) in [4.78, 5) is 15.8. The van der Waals surface area contributed by atoms with Crippen molar-refractivity contribution in [2.24, 2.45) is 10.2 Å². The van der Waals surface area contributed by atoms with E-state index in [4.69, 9.17) is 9.47 Å². The predicted molar refractivity (Wildman–Crippen MR) is 120 cm³/mol. The molecule has 0 spiro atoms. The fourth-order valence-electron chi connectivity index (χ4n) is 3.28. The van der Waals surface area contributed by atoms with E-state index in [0.29, 0.717) is 41.4 Å². The lowest BCUT2D eigenvalue weighted by Gasteiger charge is -2.08. The molecule has 0 saturated carbocycles. The van der Waals surface area contributed by atoms with E-state index < -0.39 is 5.56 Å². The summed E-state index contributed by atoms with van der Waals surface area (Å²) in [6.07, 6.45) is 1.15. The van der Waals surface area contributed by atoms with Crippen LogP contribution in [0.1, 0.15) is 37.7 Å². The lowest BCUT2D eigenvalue weighted by Crippen LogP contribution is -2.12. The molecule has 0 saturated heterocycles. The summed E-state index contributed by atoms with van der Waals surface area (Å²) in [6.45, 7) is 5.88. The smallest absolute Gasteiger partial charge is 0.283 e. The quantitative estimate of drug-likeness (QED) is 0.385. The third kappa shape index (κ3) is 4.06. The lowest BCUT2D eigenvalue weighted by molar-refractivity contribution is 0.318. The Kier molecular flexibility index (Phi) is 6.17. The van der Waals surface area contributed by atoms with E-state index in [9.17, 15) is 10.1 Å². The highest BCUT2D eigenvalue weighted by Crippen LogP contribution is 2.34. The van der Waals surface area contributed by atoms with Crippen LogP contribution in [0.15, 0.2) is 45.4 Å². The van der Waals surface area contributed by atoms with Crippen LogP contribution in [0.3, 0.4) is 0 Å². The molecule has 0 atom stereocenters. The zero-order valence-corrected chi connectivity index (χ0v) is 18.4. The molecule has 168 valence electrons. The molecule has 0 fully saturated rings. The molecule has 4 rings (SSSR count). The van der Waals surface area contributed by atoms with Crippen molar-refractivity contribution in [3.8, 4) is 23.4 Å². The first-order valence-corrected chi connectivity index (χ1v) is 10.5. The SMILES string of the molecule is CCOc1c(/N=N/c2n[nH]c(CC)c2C#N)c(=O)[nH]c2c(Oc3ccccc3)c(CC)nn12. The van der Waals surface area contributed by atoms with Gasteiger partial charge in [0.25, 0.3) is 11.4 Å². The molecule has 1 aromatic carbocycles. The second kappa shape index (κ2) is 9.35. The summed E-state index contributed by atoms with van der Waals surface area (Å²) in [7, 11) is 0. The number of hydrogen-bond acceptors (Lipinski definition) is 8. The zero-order valence-electron chi connectivity index (χ0n) is 18.4. The van der Waals surface area contributed by atoms with Gasteiger partial charge < -0.3 is 14.5 Å². The number of aryl methyl sites for hydroxylation is 2. The Morgan fingerprint density at radius 2 is 1.94 bits per heavy atom. The molecule has 0 aliphatic heterocycles. The Morgan fingerprint density at radius 3 is 2.61 bits per heavy atom. The van der Waals surface area contributed by atoms with Gasteiger partial charge in [0.1, 0.15) is 23.1 Å². The highest BCUT2D eigenvalue weighted by molar-refractivity contribution is 5.63. The van der Waals surface area contributed by atoms with Crippen LogP contribution < -0.4 is 15.0 Å². The topological polar surface area (TPSA) is 146 Å². The van der Waals surface area contributed by atoms with Crippen molar-refractivity contribution in [3.63, 3.8) is 0 Å². The van der Waals surface area contributed by atoms with Gasteiger partial charge in [-0.15, -0.1) is 10.2 Å². The van der Waals surface area contributed by atoms with Crippen molar-refractivity contribution in [2.45, 2.75) is 33.6 Å². The monoisotopic (exact) mass is 446 g/mol. The maximum absolute atomic E-state index is 13.0. The van der Waals surface area contributed by atoms with E-state index in [2.05, 4.69) is 36.6 Å². The number of azo groups is 1. The summed E-state index contributed by atoms with van der Waals surface area (Å²) >= 11 is 0. The minimum atomic E-state index is -0.542. The number of benzene rings is 1. The largest absolute Gasteiger partial charge is 0.476 e. The predicted octanol–water partition coefficient (Wildman–Crippen LogP) is 4.35. The molecule has 0 aliphatic carbocycles. The van der Waals surface area contributed by atoms with Crippen LogP contribution in [0.4, 0.5) is 11.5 Å². The fourth-order valence-corrected chi connectivity index (χ4v) is 3.28. The molecule has 3 aromatic heterocycles.